The lowest BCUT2D eigenvalue weighted by Gasteiger charge is -2.10. The number of rotatable bonds is 5. The van der Waals surface area contributed by atoms with Crippen LogP contribution < -0.4 is 0 Å². The van der Waals surface area contributed by atoms with Gasteiger partial charge in [-0.15, -0.1) is 10.2 Å². The first-order chi connectivity index (χ1) is 10.7. The summed E-state index contributed by atoms with van der Waals surface area (Å²) in [5, 5.41) is 12.4. The van der Waals surface area contributed by atoms with Crippen molar-refractivity contribution in [3.63, 3.8) is 0 Å². The molecule has 22 heavy (non-hydrogen) atoms. The number of hydrogen-bond donors (Lipinski definition) is 0. The van der Waals surface area contributed by atoms with Crippen molar-refractivity contribution in [1.82, 2.24) is 14.8 Å². The number of nitrogens with zero attached hydrogens (tertiary/aromatic N) is 3. The van der Waals surface area contributed by atoms with E-state index in [2.05, 4.69) is 78.0 Å². The molecule has 0 spiro atoms. The van der Waals surface area contributed by atoms with Crippen molar-refractivity contribution < 1.29 is 0 Å². The van der Waals surface area contributed by atoms with Gasteiger partial charge in [0.15, 0.2) is 5.16 Å². The molecule has 0 saturated heterocycles. The lowest BCUT2D eigenvalue weighted by atomic mass is 10.1. The van der Waals surface area contributed by atoms with Crippen LogP contribution in [0.2, 0.25) is 0 Å². The minimum atomic E-state index is 0.402. The van der Waals surface area contributed by atoms with Crippen molar-refractivity contribution in [1.29, 1.82) is 0 Å². The maximum Gasteiger partial charge on any atom is 0.191 e. The van der Waals surface area contributed by atoms with Crippen LogP contribution in [0, 0.1) is 0 Å². The van der Waals surface area contributed by atoms with Crippen LogP contribution in [-0.4, -0.2) is 14.8 Å². The molecule has 0 aliphatic heterocycles. The highest BCUT2D eigenvalue weighted by molar-refractivity contribution is 7.98. The molecule has 4 heteroatoms. The van der Waals surface area contributed by atoms with Gasteiger partial charge in [-0.3, -0.25) is 0 Å². The molecular weight excluding hydrogens is 290 g/mol. The maximum atomic E-state index is 4.38. The zero-order chi connectivity index (χ0) is 15.5. The summed E-state index contributed by atoms with van der Waals surface area (Å²) in [6.45, 7) is 7.39. The van der Waals surface area contributed by atoms with Gasteiger partial charge in [-0.25, -0.2) is 0 Å². The Bertz CT molecular complexity index is 772. The third kappa shape index (κ3) is 2.88. The average Bonchev–Trinajstić information content (AvgIpc) is 2.96. The van der Waals surface area contributed by atoms with Gasteiger partial charge in [-0.2, -0.15) is 0 Å². The molecule has 3 rings (SSSR count). The van der Waals surface area contributed by atoms with Crippen LogP contribution in [0.5, 0.6) is 0 Å². The summed E-state index contributed by atoms with van der Waals surface area (Å²) in [7, 11) is 0. The van der Waals surface area contributed by atoms with Gasteiger partial charge in [-0.1, -0.05) is 68.1 Å². The molecule has 0 bridgehead atoms. The normalized spacial score (nSPS) is 11.5. The molecule has 2 aromatic carbocycles. The summed E-state index contributed by atoms with van der Waals surface area (Å²) in [6, 6.07) is 15.0. The minimum Gasteiger partial charge on any atom is -0.306 e. The number of thioether (sulfide) groups is 1. The number of aromatic nitrogens is 3. The first-order valence-corrected chi connectivity index (χ1v) is 8.71. The Morgan fingerprint density at radius 3 is 2.59 bits per heavy atom. The summed E-state index contributed by atoms with van der Waals surface area (Å²) < 4.78 is 2.22. The smallest absolute Gasteiger partial charge is 0.191 e. The van der Waals surface area contributed by atoms with Gasteiger partial charge < -0.3 is 4.57 Å². The SMILES string of the molecule is CCn1c(SCc2cccc3ccccc23)nnc1C(C)C. The molecule has 0 fully saturated rings. The van der Waals surface area contributed by atoms with Gasteiger partial charge >= 0.3 is 0 Å². The molecule has 0 saturated carbocycles. The first kappa shape index (κ1) is 15.1. The number of fused-ring (bicyclic) bond motifs is 1. The molecule has 1 aromatic heterocycles. The second-order valence-electron chi connectivity index (χ2n) is 5.67. The van der Waals surface area contributed by atoms with Crippen molar-refractivity contribution in [3.05, 3.63) is 53.9 Å². The zero-order valence-corrected chi connectivity index (χ0v) is 14.1. The van der Waals surface area contributed by atoms with Gasteiger partial charge in [0.05, 0.1) is 0 Å². The average molecular weight is 311 g/mol. The van der Waals surface area contributed by atoms with Crippen LogP contribution in [0.3, 0.4) is 0 Å². The summed E-state index contributed by atoms with van der Waals surface area (Å²) in [4.78, 5) is 0. The van der Waals surface area contributed by atoms with Gasteiger partial charge in [0.1, 0.15) is 5.82 Å². The maximum absolute atomic E-state index is 4.38. The minimum absolute atomic E-state index is 0.402. The van der Waals surface area contributed by atoms with Crippen molar-refractivity contribution in [2.45, 2.75) is 44.1 Å². The Labute approximate surface area is 135 Å². The van der Waals surface area contributed by atoms with Gasteiger partial charge in [0.25, 0.3) is 0 Å². The second kappa shape index (κ2) is 6.53. The van der Waals surface area contributed by atoms with E-state index in [1.807, 2.05) is 0 Å². The van der Waals surface area contributed by atoms with Crippen LogP contribution in [0.4, 0.5) is 0 Å². The molecule has 0 atom stereocenters. The quantitative estimate of drug-likeness (QED) is 0.630. The third-order valence-corrected chi connectivity index (χ3v) is 4.83. The number of hydrogen-bond acceptors (Lipinski definition) is 3. The lowest BCUT2D eigenvalue weighted by molar-refractivity contribution is 0.613. The Morgan fingerprint density at radius 1 is 1.05 bits per heavy atom. The molecule has 1 heterocycles. The fourth-order valence-corrected chi connectivity index (χ4v) is 3.71. The highest BCUT2D eigenvalue weighted by atomic mass is 32.2. The second-order valence-corrected chi connectivity index (χ2v) is 6.61. The van der Waals surface area contributed by atoms with Crippen LogP contribution in [0.15, 0.2) is 47.6 Å². The van der Waals surface area contributed by atoms with Crippen LogP contribution in [0.1, 0.15) is 38.1 Å². The van der Waals surface area contributed by atoms with E-state index in [4.69, 9.17) is 0 Å². The van der Waals surface area contributed by atoms with Gasteiger partial charge in [0, 0.05) is 18.2 Å². The Balaban J connectivity index is 1.86. The van der Waals surface area contributed by atoms with Crippen LogP contribution in [0.25, 0.3) is 10.8 Å². The van der Waals surface area contributed by atoms with Crippen LogP contribution >= 0.6 is 11.8 Å². The predicted molar refractivity (Wildman–Crippen MR) is 93.3 cm³/mol. The number of benzene rings is 2. The Morgan fingerprint density at radius 2 is 1.82 bits per heavy atom. The Kier molecular flexibility index (Phi) is 4.48. The summed E-state index contributed by atoms with van der Waals surface area (Å²) >= 11 is 1.77. The predicted octanol–water partition coefficient (Wildman–Crippen LogP) is 4.87. The van der Waals surface area contributed by atoms with E-state index in [-0.39, 0.29) is 0 Å². The van der Waals surface area contributed by atoms with E-state index in [0.717, 1.165) is 23.3 Å². The van der Waals surface area contributed by atoms with Crippen molar-refractivity contribution in [2.24, 2.45) is 0 Å². The molecule has 0 aliphatic carbocycles. The summed E-state index contributed by atoms with van der Waals surface area (Å²) in [5.41, 5.74) is 1.35. The standard InChI is InChI=1S/C18H21N3S/c1-4-21-17(13(2)3)19-20-18(21)22-12-15-10-7-9-14-8-5-6-11-16(14)15/h5-11,13H,4,12H2,1-3H3. The fourth-order valence-electron chi connectivity index (χ4n) is 2.69. The van der Waals surface area contributed by atoms with Gasteiger partial charge in [0.2, 0.25) is 0 Å². The molecule has 3 nitrogen and oxygen atoms in total. The monoisotopic (exact) mass is 311 g/mol. The summed E-state index contributed by atoms with van der Waals surface area (Å²) in [6.07, 6.45) is 0. The topological polar surface area (TPSA) is 30.7 Å². The Hall–Kier alpha value is -1.81. The molecule has 3 aromatic rings. The van der Waals surface area contributed by atoms with E-state index in [0.29, 0.717) is 5.92 Å². The molecule has 0 aliphatic rings. The molecule has 0 amide bonds. The largest absolute Gasteiger partial charge is 0.306 e. The van der Waals surface area contributed by atoms with E-state index in [1.165, 1.54) is 16.3 Å². The van der Waals surface area contributed by atoms with E-state index >= 15 is 0 Å². The third-order valence-electron chi connectivity index (χ3n) is 3.81. The van der Waals surface area contributed by atoms with Crippen molar-refractivity contribution >= 4 is 22.5 Å². The van der Waals surface area contributed by atoms with E-state index in [1.54, 1.807) is 11.8 Å². The molecule has 0 radical (unpaired) electrons. The fraction of sp³-hybridized carbons (Fsp3) is 0.333. The first-order valence-electron chi connectivity index (χ1n) is 7.73. The highest BCUT2D eigenvalue weighted by Crippen LogP contribution is 2.28. The van der Waals surface area contributed by atoms with E-state index < -0.39 is 0 Å². The summed E-state index contributed by atoms with van der Waals surface area (Å²) in [5.74, 6) is 2.39. The molecule has 0 N–H and O–H groups in total. The molecule has 114 valence electrons. The van der Waals surface area contributed by atoms with Crippen LogP contribution in [-0.2, 0) is 12.3 Å². The van der Waals surface area contributed by atoms with Crippen molar-refractivity contribution in [2.75, 3.05) is 0 Å². The van der Waals surface area contributed by atoms with Crippen molar-refractivity contribution in [3.8, 4) is 0 Å². The zero-order valence-electron chi connectivity index (χ0n) is 13.3. The highest BCUT2D eigenvalue weighted by Gasteiger charge is 2.14. The lowest BCUT2D eigenvalue weighted by Crippen LogP contribution is -2.04. The van der Waals surface area contributed by atoms with E-state index in [9.17, 15) is 0 Å². The molecular formula is C18H21N3S. The molecule has 0 unspecified atom stereocenters. The van der Waals surface area contributed by atoms with Gasteiger partial charge in [-0.05, 0) is 23.3 Å².